The minimum Gasteiger partial charge on any atom is -0.330 e. The standard InChI is InChI=1S/C6H11N3/c1-9-4-6(2-3-7)8-5-9/h4-5H,2-3,7H2,1H3/p+1. The van der Waals surface area contributed by atoms with Gasteiger partial charge in [-0.05, 0) is 6.54 Å². The summed E-state index contributed by atoms with van der Waals surface area (Å²) in [6.07, 6.45) is 4.87. The first-order chi connectivity index (χ1) is 4.33. The van der Waals surface area contributed by atoms with E-state index in [0.717, 1.165) is 6.42 Å². The number of hydrogen-bond donors (Lipinski definition) is 2. The summed E-state index contributed by atoms with van der Waals surface area (Å²) in [5.74, 6) is 0. The maximum absolute atomic E-state index is 5.34. The molecule has 3 heteroatoms. The van der Waals surface area contributed by atoms with Crippen LogP contribution in [0.5, 0.6) is 0 Å². The van der Waals surface area contributed by atoms with Crippen molar-refractivity contribution in [3.63, 3.8) is 0 Å². The molecule has 0 atom stereocenters. The van der Waals surface area contributed by atoms with Crippen LogP contribution in [-0.2, 0) is 13.5 Å². The summed E-state index contributed by atoms with van der Waals surface area (Å²) in [6, 6.07) is 0. The Bertz CT molecular complexity index is 180. The highest BCUT2D eigenvalue weighted by Gasteiger charge is 1.98. The van der Waals surface area contributed by atoms with E-state index in [4.69, 9.17) is 5.73 Å². The highest BCUT2D eigenvalue weighted by molar-refractivity contribution is 4.89. The van der Waals surface area contributed by atoms with Gasteiger partial charge < -0.3 is 5.73 Å². The van der Waals surface area contributed by atoms with E-state index in [-0.39, 0.29) is 0 Å². The molecule has 0 aliphatic carbocycles. The molecular weight excluding hydrogens is 114 g/mol. The number of hydrogen-bond acceptors (Lipinski definition) is 1. The van der Waals surface area contributed by atoms with Crippen molar-refractivity contribution in [2.24, 2.45) is 12.8 Å². The lowest BCUT2D eigenvalue weighted by Gasteiger charge is -1.82. The number of aryl methyl sites for hydroxylation is 1. The van der Waals surface area contributed by atoms with E-state index in [1.807, 2.05) is 24.1 Å². The van der Waals surface area contributed by atoms with E-state index in [1.165, 1.54) is 5.69 Å². The molecule has 1 heterocycles. The van der Waals surface area contributed by atoms with Crippen molar-refractivity contribution >= 4 is 0 Å². The van der Waals surface area contributed by atoms with Crippen LogP contribution in [0, 0.1) is 0 Å². The Kier molecular flexibility index (Phi) is 1.85. The molecule has 9 heavy (non-hydrogen) atoms. The van der Waals surface area contributed by atoms with Gasteiger partial charge in [0.05, 0.1) is 7.05 Å². The fourth-order valence-electron chi connectivity index (χ4n) is 0.797. The molecule has 3 N–H and O–H groups in total. The van der Waals surface area contributed by atoms with Crippen LogP contribution in [0.4, 0.5) is 0 Å². The average molecular weight is 126 g/mol. The molecule has 0 saturated heterocycles. The molecule has 1 aromatic heterocycles. The molecule has 0 spiro atoms. The van der Waals surface area contributed by atoms with E-state index in [2.05, 4.69) is 4.98 Å². The molecule has 0 aromatic carbocycles. The molecule has 0 amide bonds. The van der Waals surface area contributed by atoms with Crippen LogP contribution in [0.2, 0.25) is 0 Å². The molecule has 0 fully saturated rings. The molecule has 50 valence electrons. The number of nitrogens with two attached hydrogens (primary N) is 1. The number of aromatic nitrogens is 2. The first-order valence-electron chi connectivity index (χ1n) is 3.05. The number of imidazole rings is 1. The molecule has 0 aliphatic rings. The van der Waals surface area contributed by atoms with Crippen LogP contribution in [0.25, 0.3) is 0 Å². The molecule has 0 saturated carbocycles. The zero-order chi connectivity index (χ0) is 6.69. The van der Waals surface area contributed by atoms with Crippen molar-refractivity contribution in [3.05, 3.63) is 18.2 Å². The number of H-pyrrole nitrogens is 1. The maximum atomic E-state index is 5.34. The van der Waals surface area contributed by atoms with Gasteiger partial charge in [0.2, 0.25) is 6.33 Å². The maximum Gasteiger partial charge on any atom is 0.241 e. The van der Waals surface area contributed by atoms with E-state index in [1.54, 1.807) is 0 Å². The van der Waals surface area contributed by atoms with Gasteiger partial charge in [0.15, 0.2) is 0 Å². The fourth-order valence-corrected chi connectivity index (χ4v) is 0.797. The van der Waals surface area contributed by atoms with Crippen LogP contribution in [0.1, 0.15) is 5.69 Å². The Morgan fingerprint density at radius 2 is 2.56 bits per heavy atom. The summed E-state index contributed by atoms with van der Waals surface area (Å²) in [5.41, 5.74) is 6.53. The fraction of sp³-hybridized carbons (Fsp3) is 0.500. The molecule has 0 radical (unpaired) electrons. The normalized spacial score (nSPS) is 10.0. The molecule has 0 bridgehead atoms. The summed E-state index contributed by atoms with van der Waals surface area (Å²) in [6.45, 7) is 0.709. The van der Waals surface area contributed by atoms with Crippen LogP contribution in [0.15, 0.2) is 12.5 Å². The van der Waals surface area contributed by atoms with Gasteiger partial charge in [0.1, 0.15) is 11.9 Å². The van der Waals surface area contributed by atoms with E-state index in [9.17, 15) is 0 Å². The van der Waals surface area contributed by atoms with Crippen molar-refractivity contribution in [2.75, 3.05) is 6.54 Å². The highest BCUT2D eigenvalue weighted by atomic mass is 15.0. The molecular formula is C6H12N3+. The Balaban J connectivity index is 2.61. The number of rotatable bonds is 2. The quantitative estimate of drug-likeness (QED) is 0.508. The van der Waals surface area contributed by atoms with Crippen molar-refractivity contribution in [2.45, 2.75) is 6.42 Å². The lowest BCUT2D eigenvalue weighted by molar-refractivity contribution is -0.670. The Morgan fingerprint density at radius 3 is 3.00 bits per heavy atom. The molecule has 0 aliphatic heterocycles. The third-order valence-corrected chi connectivity index (χ3v) is 1.23. The summed E-state index contributed by atoms with van der Waals surface area (Å²) in [7, 11) is 1.98. The third kappa shape index (κ3) is 1.54. The predicted molar refractivity (Wildman–Crippen MR) is 34.7 cm³/mol. The second-order valence-corrected chi connectivity index (χ2v) is 2.13. The zero-order valence-corrected chi connectivity index (χ0v) is 5.59. The summed E-state index contributed by atoms with van der Waals surface area (Å²) < 4.78 is 1.98. The van der Waals surface area contributed by atoms with Gasteiger partial charge in [-0.3, -0.25) is 0 Å². The largest absolute Gasteiger partial charge is 0.330 e. The molecule has 3 nitrogen and oxygen atoms in total. The lowest BCUT2D eigenvalue weighted by atomic mass is 10.3. The second kappa shape index (κ2) is 2.64. The zero-order valence-electron chi connectivity index (χ0n) is 5.59. The van der Waals surface area contributed by atoms with Gasteiger partial charge in [-0.2, -0.15) is 0 Å². The van der Waals surface area contributed by atoms with Crippen molar-refractivity contribution < 1.29 is 4.57 Å². The van der Waals surface area contributed by atoms with Gasteiger partial charge in [-0.25, -0.2) is 9.55 Å². The number of nitrogens with zero attached hydrogens (tertiary/aromatic N) is 1. The first kappa shape index (κ1) is 6.29. The summed E-state index contributed by atoms with van der Waals surface area (Å²) in [4.78, 5) is 3.09. The van der Waals surface area contributed by atoms with Gasteiger partial charge in [0.25, 0.3) is 0 Å². The Morgan fingerprint density at radius 1 is 1.78 bits per heavy atom. The van der Waals surface area contributed by atoms with Gasteiger partial charge in [-0.15, -0.1) is 0 Å². The molecule has 1 rings (SSSR count). The topological polar surface area (TPSA) is 45.7 Å². The highest BCUT2D eigenvalue weighted by Crippen LogP contribution is 1.86. The van der Waals surface area contributed by atoms with Crippen molar-refractivity contribution in [1.82, 2.24) is 4.98 Å². The third-order valence-electron chi connectivity index (χ3n) is 1.23. The van der Waals surface area contributed by atoms with E-state index < -0.39 is 0 Å². The van der Waals surface area contributed by atoms with E-state index >= 15 is 0 Å². The minimum absolute atomic E-state index is 0.709. The Hall–Kier alpha value is -0.830. The average Bonchev–Trinajstić information content (AvgIpc) is 2.17. The summed E-state index contributed by atoms with van der Waals surface area (Å²) >= 11 is 0. The van der Waals surface area contributed by atoms with Crippen LogP contribution >= 0.6 is 0 Å². The monoisotopic (exact) mass is 126 g/mol. The smallest absolute Gasteiger partial charge is 0.241 e. The van der Waals surface area contributed by atoms with E-state index in [0.29, 0.717) is 6.54 Å². The number of aromatic amines is 1. The predicted octanol–water partition coefficient (Wildman–Crippen LogP) is -0.660. The van der Waals surface area contributed by atoms with Gasteiger partial charge in [0, 0.05) is 6.42 Å². The van der Waals surface area contributed by atoms with Crippen molar-refractivity contribution in [1.29, 1.82) is 0 Å². The Labute approximate surface area is 54.5 Å². The molecule has 0 unspecified atom stereocenters. The lowest BCUT2D eigenvalue weighted by Crippen LogP contribution is -2.23. The minimum atomic E-state index is 0.709. The number of nitrogens with one attached hydrogen (secondary N) is 1. The summed E-state index contributed by atoms with van der Waals surface area (Å²) in [5, 5.41) is 0. The van der Waals surface area contributed by atoms with Crippen LogP contribution in [-0.4, -0.2) is 11.5 Å². The SMILES string of the molecule is C[n+]1c[nH]c(CCN)c1. The second-order valence-electron chi connectivity index (χ2n) is 2.13. The van der Waals surface area contributed by atoms with Gasteiger partial charge in [-0.1, -0.05) is 0 Å². The van der Waals surface area contributed by atoms with Crippen LogP contribution in [0.3, 0.4) is 0 Å². The molecule has 1 aromatic rings. The van der Waals surface area contributed by atoms with Gasteiger partial charge >= 0.3 is 0 Å². The van der Waals surface area contributed by atoms with Crippen molar-refractivity contribution in [3.8, 4) is 0 Å². The van der Waals surface area contributed by atoms with Crippen LogP contribution < -0.4 is 10.3 Å². The first-order valence-corrected chi connectivity index (χ1v) is 3.05.